The van der Waals surface area contributed by atoms with Gasteiger partial charge in [-0.2, -0.15) is 0 Å². The lowest BCUT2D eigenvalue weighted by Crippen LogP contribution is -2.39. The van der Waals surface area contributed by atoms with E-state index in [9.17, 15) is 4.79 Å². The van der Waals surface area contributed by atoms with E-state index in [1.54, 1.807) is 4.90 Å². The highest BCUT2D eigenvalue weighted by Crippen LogP contribution is 2.30. The Bertz CT molecular complexity index is 1290. The summed E-state index contributed by atoms with van der Waals surface area (Å²) in [5.74, 6) is 0.397. The van der Waals surface area contributed by atoms with Gasteiger partial charge in [0.1, 0.15) is 0 Å². The van der Waals surface area contributed by atoms with Gasteiger partial charge in [-0.1, -0.05) is 66.4 Å². The van der Waals surface area contributed by atoms with Crippen molar-refractivity contribution >= 4 is 51.1 Å². The van der Waals surface area contributed by atoms with E-state index < -0.39 is 6.17 Å². The van der Waals surface area contributed by atoms with E-state index in [0.29, 0.717) is 5.17 Å². The van der Waals surface area contributed by atoms with Crippen LogP contribution in [0.1, 0.15) is 11.7 Å². The molecule has 1 atom stereocenters. The highest BCUT2D eigenvalue weighted by atomic mass is 32.2. The molecule has 3 aromatic carbocycles. The summed E-state index contributed by atoms with van der Waals surface area (Å²) in [6.45, 7) is 0. The Balaban J connectivity index is 1.37. The van der Waals surface area contributed by atoms with E-state index >= 15 is 0 Å². The fourth-order valence-corrected chi connectivity index (χ4v) is 4.49. The maximum absolute atomic E-state index is 13.3. The van der Waals surface area contributed by atoms with Gasteiger partial charge in [-0.05, 0) is 30.3 Å². The fraction of sp³-hybridized carbons (Fsp3) is 0.0800. The summed E-state index contributed by atoms with van der Waals surface area (Å²) in [6, 6.07) is 27.2. The van der Waals surface area contributed by atoms with E-state index in [2.05, 4.69) is 15.3 Å². The normalized spacial score (nSPS) is 15.5. The minimum atomic E-state index is -0.473. The molecule has 1 unspecified atom stereocenters. The van der Waals surface area contributed by atoms with Crippen LogP contribution >= 0.6 is 11.8 Å². The number of fused-ring (bicyclic) bond motifs is 1. The molecule has 33 heavy (non-hydrogen) atoms. The molecular weight excluding hydrogens is 432 g/mol. The van der Waals surface area contributed by atoms with Crippen molar-refractivity contribution in [3.05, 3.63) is 96.7 Å². The number of nitrogens with zero attached hydrogens (tertiary/aromatic N) is 3. The number of H-pyrrole nitrogens is 1. The van der Waals surface area contributed by atoms with Crippen LogP contribution in [-0.4, -0.2) is 27.8 Å². The number of nitrogens with two attached hydrogens (primary N) is 1. The second-order valence-electron chi connectivity index (χ2n) is 7.43. The van der Waals surface area contributed by atoms with E-state index in [0.717, 1.165) is 27.8 Å². The summed E-state index contributed by atoms with van der Waals surface area (Å²) < 4.78 is 0. The number of hydrogen-bond acceptors (Lipinski definition) is 6. The Morgan fingerprint density at radius 2 is 1.55 bits per heavy atom. The van der Waals surface area contributed by atoms with Crippen molar-refractivity contribution in [3.63, 3.8) is 0 Å². The number of nitrogens with one attached hydrogen (secondary N) is 2. The Hall–Kier alpha value is -4.04. The van der Waals surface area contributed by atoms with Crippen molar-refractivity contribution < 1.29 is 4.79 Å². The maximum Gasteiger partial charge on any atom is 0.242 e. The number of anilines is 2. The molecule has 4 N–H and O–H groups in total. The molecule has 0 saturated carbocycles. The molecule has 1 aromatic heterocycles. The Morgan fingerprint density at radius 1 is 0.909 bits per heavy atom. The second kappa shape index (κ2) is 9.22. The van der Waals surface area contributed by atoms with E-state index in [1.807, 2.05) is 91.1 Å². The number of guanidine groups is 1. The molecule has 4 aromatic rings. The lowest BCUT2D eigenvalue weighted by molar-refractivity contribution is -0.115. The molecule has 0 aliphatic carbocycles. The van der Waals surface area contributed by atoms with Crippen LogP contribution in [0.15, 0.2) is 101 Å². The molecule has 164 valence electrons. The lowest BCUT2D eigenvalue weighted by Gasteiger charge is -2.24. The minimum absolute atomic E-state index is 0.0633. The van der Waals surface area contributed by atoms with Crippen molar-refractivity contribution in [2.24, 2.45) is 15.7 Å². The zero-order valence-corrected chi connectivity index (χ0v) is 18.5. The second-order valence-corrected chi connectivity index (χ2v) is 8.39. The fourth-order valence-electron chi connectivity index (χ4n) is 3.75. The number of hydrogen-bond donors (Lipinski definition) is 3. The van der Waals surface area contributed by atoms with Gasteiger partial charge < -0.3 is 16.0 Å². The largest absolute Gasteiger partial charge is 0.370 e. The number of thioether (sulfide) groups is 1. The third-order valence-electron chi connectivity index (χ3n) is 5.25. The van der Waals surface area contributed by atoms with Crippen molar-refractivity contribution in [2.45, 2.75) is 6.17 Å². The molecular formula is C25H22N6OS. The van der Waals surface area contributed by atoms with Gasteiger partial charge in [0.25, 0.3) is 0 Å². The molecule has 0 radical (unpaired) electrons. The van der Waals surface area contributed by atoms with Crippen molar-refractivity contribution in [3.8, 4) is 0 Å². The summed E-state index contributed by atoms with van der Waals surface area (Å²) in [7, 11) is 0. The van der Waals surface area contributed by atoms with Crippen LogP contribution in [0.3, 0.4) is 0 Å². The van der Waals surface area contributed by atoms with Gasteiger partial charge >= 0.3 is 0 Å². The SMILES string of the molecule is NC1=NC(c2c[nH]c3ccccc23)N=C(SCC(=O)N(c2ccccc2)c2ccccc2)N1. The van der Waals surface area contributed by atoms with Gasteiger partial charge in [0.05, 0.1) is 5.75 Å². The summed E-state index contributed by atoms with van der Waals surface area (Å²) in [5, 5.41) is 4.60. The number of carbonyl (C=O) groups is 1. The Kier molecular flexibility index (Phi) is 5.82. The summed E-state index contributed by atoms with van der Waals surface area (Å²) in [6.07, 6.45) is 1.43. The van der Waals surface area contributed by atoms with Gasteiger partial charge in [-0.15, -0.1) is 0 Å². The summed E-state index contributed by atoms with van der Waals surface area (Å²) >= 11 is 1.31. The number of para-hydroxylation sites is 3. The zero-order valence-electron chi connectivity index (χ0n) is 17.7. The maximum atomic E-state index is 13.3. The first-order chi connectivity index (χ1) is 16.2. The molecule has 1 aliphatic rings. The van der Waals surface area contributed by atoms with Crippen molar-refractivity contribution in [1.82, 2.24) is 10.3 Å². The van der Waals surface area contributed by atoms with Crippen LogP contribution < -0.4 is 16.0 Å². The molecule has 8 heteroatoms. The lowest BCUT2D eigenvalue weighted by atomic mass is 10.1. The summed E-state index contributed by atoms with van der Waals surface area (Å²) in [4.78, 5) is 27.4. The Labute approximate surface area is 195 Å². The van der Waals surface area contributed by atoms with E-state index in [1.165, 1.54) is 11.8 Å². The number of aliphatic imine (C=N–C) groups is 2. The standard InChI is InChI=1S/C25H22N6OS/c26-24-28-23(20-15-27-21-14-8-7-13-19(20)21)29-25(30-24)33-16-22(32)31(17-9-3-1-4-10-17)18-11-5-2-6-12-18/h1-15,23,27H,16H2,(H3,26,28,29,30). The molecule has 1 amide bonds. The third-order valence-corrected chi connectivity index (χ3v) is 6.12. The minimum Gasteiger partial charge on any atom is -0.370 e. The first-order valence-electron chi connectivity index (χ1n) is 10.5. The van der Waals surface area contributed by atoms with Crippen LogP contribution in [0.2, 0.25) is 0 Å². The zero-order chi connectivity index (χ0) is 22.6. The van der Waals surface area contributed by atoms with Gasteiger partial charge in [0.2, 0.25) is 5.91 Å². The third kappa shape index (κ3) is 4.47. The van der Waals surface area contributed by atoms with Crippen LogP contribution in [-0.2, 0) is 4.79 Å². The number of amides is 1. The first kappa shape index (κ1) is 20.8. The van der Waals surface area contributed by atoms with Crippen LogP contribution in [0.4, 0.5) is 11.4 Å². The van der Waals surface area contributed by atoms with Gasteiger partial charge in [-0.3, -0.25) is 9.69 Å². The van der Waals surface area contributed by atoms with Gasteiger partial charge in [0, 0.05) is 34.0 Å². The molecule has 0 saturated heterocycles. The van der Waals surface area contributed by atoms with E-state index in [4.69, 9.17) is 10.7 Å². The van der Waals surface area contributed by atoms with Crippen LogP contribution in [0.5, 0.6) is 0 Å². The Morgan fingerprint density at radius 3 is 2.24 bits per heavy atom. The molecule has 1 aliphatic heterocycles. The van der Waals surface area contributed by atoms with Gasteiger partial charge in [-0.25, -0.2) is 9.98 Å². The average Bonchev–Trinajstić information content (AvgIpc) is 3.28. The predicted octanol–water partition coefficient (Wildman–Crippen LogP) is 4.54. The van der Waals surface area contributed by atoms with E-state index in [-0.39, 0.29) is 17.6 Å². The monoisotopic (exact) mass is 454 g/mol. The highest BCUT2D eigenvalue weighted by Gasteiger charge is 2.23. The van der Waals surface area contributed by atoms with Crippen LogP contribution in [0, 0.1) is 0 Å². The quantitative estimate of drug-likeness (QED) is 0.412. The number of carbonyl (C=O) groups excluding carboxylic acids is 1. The van der Waals surface area contributed by atoms with Crippen LogP contribution in [0.25, 0.3) is 10.9 Å². The number of benzene rings is 3. The summed E-state index contributed by atoms with van der Waals surface area (Å²) in [5.41, 5.74) is 9.63. The van der Waals surface area contributed by atoms with Gasteiger partial charge in [0.15, 0.2) is 17.3 Å². The molecule has 7 nitrogen and oxygen atoms in total. The number of amidine groups is 1. The molecule has 0 spiro atoms. The average molecular weight is 455 g/mol. The molecule has 0 fully saturated rings. The van der Waals surface area contributed by atoms with Crippen molar-refractivity contribution in [1.29, 1.82) is 0 Å². The number of rotatable bonds is 5. The molecule has 0 bridgehead atoms. The topological polar surface area (TPSA) is 98.9 Å². The number of aromatic nitrogens is 1. The highest BCUT2D eigenvalue weighted by molar-refractivity contribution is 8.14. The smallest absolute Gasteiger partial charge is 0.242 e. The molecule has 2 heterocycles. The first-order valence-corrected chi connectivity index (χ1v) is 11.5. The molecule has 5 rings (SSSR count). The number of aromatic amines is 1. The predicted molar refractivity (Wildman–Crippen MR) is 136 cm³/mol. The van der Waals surface area contributed by atoms with Crippen molar-refractivity contribution in [2.75, 3.05) is 10.7 Å².